The molecule has 3 nitrogen and oxygen atoms in total. The Kier molecular flexibility index (Phi) is 3.89. The van der Waals surface area contributed by atoms with Gasteiger partial charge in [-0.1, -0.05) is 24.6 Å². The van der Waals surface area contributed by atoms with Crippen LogP contribution < -0.4 is 5.32 Å². The highest BCUT2D eigenvalue weighted by Gasteiger charge is 2.49. The van der Waals surface area contributed by atoms with E-state index in [1.807, 2.05) is 13.0 Å². The quantitative estimate of drug-likeness (QED) is 0.887. The molecule has 0 aromatic heterocycles. The van der Waals surface area contributed by atoms with Crippen molar-refractivity contribution >= 4 is 23.2 Å². The Morgan fingerprint density at radius 2 is 2.10 bits per heavy atom. The summed E-state index contributed by atoms with van der Waals surface area (Å²) in [6.07, 6.45) is -3.97. The van der Waals surface area contributed by atoms with Gasteiger partial charge >= 0.3 is 6.18 Å². The third-order valence-corrected chi connectivity index (χ3v) is 3.92. The van der Waals surface area contributed by atoms with E-state index in [1.165, 1.54) is 6.07 Å². The maximum Gasteiger partial charge on any atom is 0.418 e. The van der Waals surface area contributed by atoms with Crippen molar-refractivity contribution in [3.8, 4) is 6.07 Å². The molecule has 0 unspecified atom stereocenters. The molecule has 1 aromatic rings. The minimum atomic E-state index is -4.64. The number of anilines is 1. The van der Waals surface area contributed by atoms with E-state index in [0.717, 1.165) is 12.1 Å². The number of carbonyl (C=O) groups is 1. The lowest BCUT2D eigenvalue weighted by Crippen LogP contribution is -2.45. The molecule has 0 radical (unpaired) electrons. The molecule has 2 rings (SSSR count). The summed E-state index contributed by atoms with van der Waals surface area (Å²) in [6, 6.07) is 5.16. The number of carbonyl (C=O) groups excluding carboxylic acids is 1. The summed E-state index contributed by atoms with van der Waals surface area (Å²) in [6.45, 7) is 1.87. The monoisotopic (exact) mass is 316 g/mol. The number of hydrogen-bond donors (Lipinski definition) is 1. The molecular weight excluding hydrogens is 305 g/mol. The summed E-state index contributed by atoms with van der Waals surface area (Å²) >= 11 is 5.77. The van der Waals surface area contributed by atoms with E-state index in [9.17, 15) is 18.0 Å². The summed E-state index contributed by atoms with van der Waals surface area (Å²) < 4.78 is 38.8. The zero-order valence-electron chi connectivity index (χ0n) is 11.1. The molecule has 21 heavy (non-hydrogen) atoms. The molecule has 1 N–H and O–H groups in total. The average molecular weight is 317 g/mol. The van der Waals surface area contributed by atoms with Crippen LogP contribution in [0.3, 0.4) is 0 Å². The van der Waals surface area contributed by atoms with Gasteiger partial charge in [-0.05, 0) is 30.9 Å². The standard InChI is InChI=1S/C14H12ClF3N2O/c1-8-5-13(6-8,7-19)12(21)20-11-9(14(16,17)18)3-2-4-10(11)15/h2-4,8H,5-6H2,1H3,(H,20,21). The fraction of sp³-hybridized carbons (Fsp3) is 0.429. The van der Waals surface area contributed by atoms with Crippen LogP contribution in [0.4, 0.5) is 18.9 Å². The van der Waals surface area contributed by atoms with Crippen LogP contribution in [0.5, 0.6) is 0 Å². The van der Waals surface area contributed by atoms with Crippen LogP contribution in [-0.4, -0.2) is 5.91 Å². The number of nitrogens with one attached hydrogen (secondary N) is 1. The topological polar surface area (TPSA) is 52.9 Å². The van der Waals surface area contributed by atoms with Gasteiger partial charge in [0.05, 0.1) is 22.3 Å². The zero-order chi connectivity index (χ0) is 15.8. The Morgan fingerprint density at radius 3 is 2.57 bits per heavy atom. The van der Waals surface area contributed by atoms with Gasteiger partial charge in [0.25, 0.3) is 0 Å². The summed E-state index contributed by atoms with van der Waals surface area (Å²) in [5.41, 5.74) is -2.78. The summed E-state index contributed by atoms with van der Waals surface area (Å²) in [4.78, 5) is 12.2. The van der Waals surface area contributed by atoms with Crippen molar-refractivity contribution < 1.29 is 18.0 Å². The fourth-order valence-electron chi connectivity index (χ4n) is 2.58. The van der Waals surface area contributed by atoms with Crippen molar-refractivity contribution in [2.24, 2.45) is 11.3 Å². The number of amides is 1. The number of benzene rings is 1. The maximum absolute atomic E-state index is 12.9. The molecule has 7 heteroatoms. The molecule has 0 aliphatic heterocycles. The zero-order valence-corrected chi connectivity index (χ0v) is 11.8. The van der Waals surface area contributed by atoms with Gasteiger partial charge in [0, 0.05) is 0 Å². The molecule has 0 heterocycles. The molecule has 0 saturated heterocycles. The van der Waals surface area contributed by atoms with Crippen LogP contribution in [0.1, 0.15) is 25.3 Å². The minimum absolute atomic E-state index is 0.198. The first-order valence-corrected chi connectivity index (χ1v) is 6.66. The Bertz CT molecular complexity index is 616. The van der Waals surface area contributed by atoms with E-state index in [2.05, 4.69) is 5.32 Å². The van der Waals surface area contributed by atoms with Crippen molar-refractivity contribution in [2.75, 3.05) is 5.32 Å². The average Bonchev–Trinajstić information content (AvgIpc) is 2.35. The summed E-state index contributed by atoms with van der Waals surface area (Å²) in [5, 5.41) is 11.1. The number of nitriles is 1. The molecular formula is C14H12ClF3N2O. The molecule has 1 aliphatic rings. The third-order valence-electron chi connectivity index (χ3n) is 3.60. The van der Waals surface area contributed by atoms with Gasteiger partial charge in [-0.15, -0.1) is 0 Å². The number of halogens is 4. The lowest BCUT2D eigenvalue weighted by molar-refractivity contribution is -0.137. The van der Waals surface area contributed by atoms with Crippen LogP contribution in [0, 0.1) is 22.7 Å². The normalized spacial score (nSPS) is 24.9. The van der Waals surface area contributed by atoms with Gasteiger partial charge in [-0.25, -0.2) is 0 Å². The second-order valence-electron chi connectivity index (χ2n) is 5.32. The SMILES string of the molecule is CC1CC(C#N)(C(=O)Nc2c(Cl)cccc2C(F)(F)F)C1. The Hall–Kier alpha value is -1.74. The van der Waals surface area contributed by atoms with Gasteiger partial charge in [-0.3, -0.25) is 4.79 Å². The molecule has 1 amide bonds. The Morgan fingerprint density at radius 1 is 1.48 bits per heavy atom. The summed E-state index contributed by atoms with van der Waals surface area (Å²) in [7, 11) is 0. The lowest BCUT2D eigenvalue weighted by Gasteiger charge is -2.39. The lowest BCUT2D eigenvalue weighted by atomic mass is 9.63. The third kappa shape index (κ3) is 2.84. The van der Waals surface area contributed by atoms with E-state index in [1.54, 1.807) is 0 Å². The van der Waals surface area contributed by atoms with Gasteiger partial charge in [0.1, 0.15) is 5.41 Å². The van der Waals surface area contributed by atoms with E-state index >= 15 is 0 Å². The van der Waals surface area contributed by atoms with Crippen molar-refractivity contribution in [1.29, 1.82) is 5.26 Å². The van der Waals surface area contributed by atoms with Gasteiger partial charge in [0.15, 0.2) is 0 Å². The van der Waals surface area contributed by atoms with Crippen LogP contribution in [0.15, 0.2) is 18.2 Å². The Balaban J connectivity index is 2.33. The van der Waals surface area contributed by atoms with Gasteiger partial charge in [0.2, 0.25) is 5.91 Å². The molecule has 112 valence electrons. The molecule has 1 fully saturated rings. The predicted octanol–water partition coefficient (Wildman–Crippen LogP) is 4.24. The molecule has 1 saturated carbocycles. The molecule has 0 atom stereocenters. The van der Waals surface area contributed by atoms with E-state index in [4.69, 9.17) is 16.9 Å². The first kappa shape index (κ1) is 15.6. The van der Waals surface area contributed by atoms with Crippen molar-refractivity contribution in [1.82, 2.24) is 0 Å². The summed E-state index contributed by atoms with van der Waals surface area (Å²) in [5.74, 6) is -0.537. The molecule has 1 aromatic carbocycles. The highest BCUT2D eigenvalue weighted by Crippen LogP contribution is 2.47. The van der Waals surface area contributed by atoms with Gasteiger partial charge in [-0.2, -0.15) is 18.4 Å². The van der Waals surface area contributed by atoms with E-state index < -0.39 is 28.7 Å². The smallest absolute Gasteiger partial charge is 0.323 e. The highest BCUT2D eigenvalue weighted by atomic mass is 35.5. The van der Waals surface area contributed by atoms with Crippen LogP contribution >= 0.6 is 11.6 Å². The van der Waals surface area contributed by atoms with Crippen LogP contribution in [-0.2, 0) is 11.0 Å². The molecule has 0 bridgehead atoms. The molecule has 0 spiro atoms. The number of nitrogens with zero attached hydrogens (tertiary/aromatic N) is 1. The molecule has 1 aliphatic carbocycles. The van der Waals surface area contributed by atoms with Crippen molar-refractivity contribution in [3.63, 3.8) is 0 Å². The first-order valence-electron chi connectivity index (χ1n) is 6.28. The van der Waals surface area contributed by atoms with Crippen molar-refractivity contribution in [3.05, 3.63) is 28.8 Å². The Labute approximate surface area is 124 Å². The number of hydrogen-bond acceptors (Lipinski definition) is 2. The fourth-order valence-corrected chi connectivity index (χ4v) is 2.80. The number of para-hydroxylation sites is 1. The van der Waals surface area contributed by atoms with Crippen molar-refractivity contribution in [2.45, 2.75) is 25.9 Å². The van der Waals surface area contributed by atoms with Gasteiger partial charge < -0.3 is 5.32 Å². The number of alkyl halides is 3. The van der Waals surface area contributed by atoms with E-state index in [0.29, 0.717) is 12.8 Å². The second kappa shape index (κ2) is 5.23. The van der Waals surface area contributed by atoms with Crippen LogP contribution in [0.25, 0.3) is 0 Å². The minimum Gasteiger partial charge on any atom is -0.323 e. The maximum atomic E-state index is 12.9. The number of rotatable bonds is 2. The van der Waals surface area contributed by atoms with Crippen LogP contribution in [0.2, 0.25) is 5.02 Å². The van der Waals surface area contributed by atoms with E-state index in [-0.39, 0.29) is 10.9 Å². The second-order valence-corrected chi connectivity index (χ2v) is 5.73. The largest absolute Gasteiger partial charge is 0.418 e. The predicted molar refractivity (Wildman–Crippen MR) is 71.5 cm³/mol. The first-order chi connectivity index (χ1) is 9.69. The highest BCUT2D eigenvalue weighted by molar-refractivity contribution is 6.34.